The molecule has 1 heterocycles. The largest absolute Gasteiger partial charge is 0.370 e. The van der Waals surface area contributed by atoms with Gasteiger partial charge in [0.2, 0.25) is 29.5 Å². The smallest absolute Gasteiger partial charge is 0.243 e. The van der Waals surface area contributed by atoms with Gasteiger partial charge in [-0.05, 0) is 63.5 Å². The van der Waals surface area contributed by atoms with E-state index in [4.69, 9.17) is 17.2 Å². The van der Waals surface area contributed by atoms with Gasteiger partial charge in [0.1, 0.15) is 24.2 Å². The summed E-state index contributed by atoms with van der Waals surface area (Å²) in [7, 11) is 0. The Bertz CT molecular complexity index is 1480. The second-order valence-electron chi connectivity index (χ2n) is 13.0. The number of aromatic nitrogens is 2. The number of rotatable bonds is 23. The van der Waals surface area contributed by atoms with Gasteiger partial charge >= 0.3 is 0 Å². The van der Waals surface area contributed by atoms with Crippen molar-refractivity contribution in [1.29, 1.82) is 0 Å². The summed E-state index contributed by atoms with van der Waals surface area (Å²) in [6, 6.07) is 4.04. The molecule has 0 spiro atoms. The molecule has 52 heavy (non-hydrogen) atoms. The maximum Gasteiger partial charge on any atom is 0.243 e. The number of nitrogens with one attached hydrogen (secondary N) is 6. The third-order valence-electron chi connectivity index (χ3n) is 8.17. The molecule has 12 N–H and O–H groups in total. The second-order valence-corrected chi connectivity index (χ2v) is 13.0. The molecule has 2 aromatic rings. The first-order chi connectivity index (χ1) is 24.7. The van der Waals surface area contributed by atoms with Crippen LogP contribution >= 0.6 is 0 Å². The van der Waals surface area contributed by atoms with Crippen molar-refractivity contribution in [3.63, 3.8) is 0 Å². The summed E-state index contributed by atoms with van der Waals surface area (Å²) < 4.78 is 0. The fraction of sp³-hybridized carbons (Fsp3) is 0.543. The van der Waals surface area contributed by atoms with Crippen molar-refractivity contribution in [2.24, 2.45) is 28.1 Å². The summed E-state index contributed by atoms with van der Waals surface area (Å²) in [5.74, 6) is -3.76. The van der Waals surface area contributed by atoms with Crippen molar-refractivity contribution in [3.05, 3.63) is 54.1 Å². The van der Waals surface area contributed by atoms with E-state index in [1.807, 2.05) is 30.3 Å². The topological polar surface area (TPSA) is 282 Å². The number of carbonyl (C=O) groups excluding carboxylic acids is 6. The van der Waals surface area contributed by atoms with Crippen LogP contribution < -0.4 is 43.8 Å². The number of nitrogens with two attached hydrogens (primary N) is 3. The molecule has 5 amide bonds. The van der Waals surface area contributed by atoms with Gasteiger partial charge in [-0.25, -0.2) is 4.98 Å². The number of amides is 5. The van der Waals surface area contributed by atoms with Gasteiger partial charge in [0.25, 0.3) is 0 Å². The lowest BCUT2D eigenvalue weighted by molar-refractivity contribution is -0.135. The molecule has 0 aliphatic heterocycles. The Morgan fingerprint density at radius 1 is 0.750 bits per heavy atom. The van der Waals surface area contributed by atoms with Gasteiger partial charge in [-0.2, -0.15) is 0 Å². The van der Waals surface area contributed by atoms with Crippen LogP contribution in [0.15, 0.2) is 47.8 Å². The van der Waals surface area contributed by atoms with Crippen molar-refractivity contribution in [2.75, 3.05) is 13.1 Å². The van der Waals surface area contributed by atoms with Crippen LogP contribution in [0.2, 0.25) is 0 Å². The molecule has 17 nitrogen and oxygen atoms in total. The zero-order valence-corrected chi connectivity index (χ0v) is 30.4. The molecule has 0 aliphatic carbocycles. The number of aliphatic imine (C=N–C) groups is 1. The number of benzene rings is 1. The monoisotopic (exact) mass is 725 g/mol. The third kappa shape index (κ3) is 15.7. The van der Waals surface area contributed by atoms with E-state index in [1.165, 1.54) is 26.4 Å². The van der Waals surface area contributed by atoms with Crippen LogP contribution in [0.3, 0.4) is 0 Å². The van der Waals surface area contributed by atoms with Gasteiger partial charge < -0.3 is 48.8 Å². The first kappa shape index (κ1) is 42.8. The molecule has 1 aromatic carbocycles. The van der Waals surface area contributed by atoms with Gasteiger partial charge in [-0.3, -0.25) is 33.8 Å². The number of aromatic amines is 1. The first-order valence-corrected chi connectivity index (χ1v) is 17.5. The highest BCUT2D eigenvalue weighted by Gasteiger charge is 2.33. The number of nitrogens with zero attached hydrogens (tertiary/aromatic N) is 2. The summed E-state index contributed by atoms with van der Waals surface area (Å²) in [6.07, 6.45) is 5.14. The summed E-state index contributed by atoms with van der Waals surface area (Å²) in [6.45, 7) is 6.70. The Hall–Kier alpha value is -5.32. The Balaban J connectivity index is 2.29. The molecule has 0 aliphatic rings. The summed E-state index contributed by atoms with van der Waals surface area (Å²) in [5, 5.41) is 13.6. The molecule has 0 fully saturated rings. The minimum absolute atomic E-state index is 0.0183. The van der Waals surface area contributed by atoms with Crippen LogP contribution in [0.25, 0.3) is 0 Å². The van der Waals surface area contributed by atoms with Gasteiger partial charge in [0.05, 0.1) is 12.4 Å². The van der Waals surface area contributed by atoms with E-state index in [9.17, 15) is 28.8 Å². The average molecular weight is 726 g/mol. The standard InChI is InChI=1S/C35H55N11O6/c1-21(2)30(46-32(50)27(14-10-16-40-35(37)38)43-31(49)26(42-23(4)48)13-8-9-15-36)34(52)45-29(18-25-19-39-20-41-25)33(51)44-28(22(3)47)17-24-11-6-5-7-12-24/h5-7,11-12,19-21,26-30H,8-10,13-18,36H2,1-4H3,(H,39,41)(H,42,48)(H,43,49)(H,44,51)(H,45,52)(H,46,50)(H4,37,38,40)/t26-,27-,28-,29-,30?/m0/s1. The molecule has 0 radical (unpaired) electrons. The predicted molar refractivity (Wildman–Crippen MR) is 196 cm³/mol. The van der Waals surface area contributed by atoms with Crippen molar-refractivity contribution >= 4 is 41.3 Å². The third-order valence-corrected chi connectivity index (χ3v) is 8.17. The number of hydrogen-bond donors (Lipinski definition) is 9. The van der Waals surface area contributed by atoms with Crippen LogP contribution in [0.1, 0.15) is 71.1 Å². The van der Waals surface area contributed by atoms with Gasteiger partial charge in [-0.1, -0.05) is 44.2 Å². The Labute approximate surface area is 304 Å². The number of ketones is 1. The normalized spacial score (nSPS) is 13.8. The molecule has 5 atom stereocenters. The SMILES string of the molecule is CC(=O)N[C@@H](CCCCN)C(=O)N[C@@H](CCCN=C(N)N)C(=O)NC(C(=O)N[C@@H](Cc1cnc[nH]1)C(=O)N[C@@H](Cc1ccccc1)C(C)=O)C(C)C. The highest BCUT2D eigenvalue weighted by Crippen LogP contribution is 2.10. The quantitative estimate of drug-likeness (QED) is 0.0385. The lowest BCUT2D eigenvalue weighted by atomic mass is 10.00. The molecule has 1 aromatic heterocycles. The zero-order chi connectivity index (χ0) is 38.6. The average Bonchev–Trinajstić information content (AvgIpc) is 3.60. The summed E-state index contributed by atoms with van der Waals surface area (Å²) in [4.78, 5) is 89.9. The Morgan fingerprint density at radius 3 is 1.92 bits per heavy atom. The van der Waals surface area contributed by atoms with E-state index in [1.54, 1.807) is 13.8 Å². The lowest BCUT2D eigenvalue weighted by Crippen LogP contribution is -2.60. The van der Waals surface area contributed by atoms with Crippen LogP contribution in [-0.2, 0) is 41.6 Å². The van der Waals surface area contributed by atoms with Crippen LogP contribution in [0.5, 0.6) is 0 Å². The fourth-order valence-electron chi connectivity index (χ4n) is 5.35. The Kier molecular flexibility index (Phi) is 18.5. The number of H-pyrrole nitrogens is 1. The number of imidazole rings is 1. The molecular weight excluding hydrogens is 670 g/mol. The minimum atomic E-state index is -1.15. The fourth-order valence-corrected chi connectivity index (χ4v) is 5.35. The van der Waals surface area contributed by atoms with E-state index in [-0.39, 0.29) is 37.6 Å². The van der Waals surface area contributed by atoms with E-state index in [0.717, 1.165) is 5.56 Å². The number of hydrogen-bond acceptors (Lipinski definition) is 9. The second kappa shape index (κ2) is 22.5. The number of unbranched alkanes of at least 4 members (excludes halogenated alkanes) is 1. The lowest BCUT2D eigenvalue weighted by Gasteiger charge is -2.28. The number of guanidine groups is 1. The highest BCUT2D eigenvalue weighted by molar-refractivity contribution is 5.96. The number of Topliss-reactive ketones (excluding diaryl/α,β-unsaturated/α-hetero) is 1. The molecule has 0 saturated heterocycles. The molecule has 1 unspecified atom stereocenters. The molecule has 286 valence electrons. The Morgan fingerprint density at radius 2 is 1.35 bits per heavy atom. The minimum Gasteiger partial charge on any atom is -0.370 e. The molecule has 2 rings (SSSR count). The number of carbonyl (C=O) groups is 6. The van der Waals surface area contributed by atoms with Crippen LogP contribution in [0.4, 0.5) is 0 Å². The van der Waals surface area contributed by atoms with E-state index in [0.29, 0.717) is 37.9 Å². The van der Waals surface area contributed by atoms with E-state index < -0.39 is 65.7 Å². The predicted octanol–water partition coefficient (Wildman–Crippen LogP) is -0.934. The van der Waals surface area contributed by atoms with Gasteiger partial charge in [-0.15, -0.1) is 0 Å². The molecular formula is C35H55N11O6. The van der Waals surface area contributed by atoms with Gasteiger partial charge in [0.15, 0.2) is 11.7 Å². The van der Waals surface area contributed by atoms with Crippen molar-refractivity contribution in [3.8, 4) is 0 Å². The molecule has 17 heteroatoms. The van der Waals surface area contributed by atoms with Crippen molar-refractivity contribution in [2.45, 2.75) is 103 Å². The molecule has 0 saturated carbocycles. The maximum atomic E-state index is 13.8. The van der Waals surface area contributed by atoms with E-state index >= 15 is 0 Å². The molecule has 0 bridgehead atoms. The highest BCUT2D eigenvalue weighted by atomic mass is 16.2. The van der Waals surface area contributed by atoms with Gasteiger partial charge in [0, 0.05) is 31.8 Å². The van der Waals surface area contributed by atoms with Crippen molar-refractivity contribution < 1.29 is 28.8 Å². The summed E-state index contributed by atoms with van der Waals surface area (Å²) >= 11 is 0. The van der Waals surface area contributed by atoms with Crippen molar-refractivity contribution in [1.82, 2.24) is 36.6 Å². The summed E-state index contributed by atoms with van der Waals surface area (Å²) in [5.41, 5.74) is 17.9. The van der Waals surface area contributed by atoms with E-state index in [2.05, 4.69) is 41.5 Å². The zero-order valence-electron chi connectivity index (χ0n) is 30.4. The first-order valence-electron chi connectivity index (χ1n) is 17.5. The van der Waals surface area contributed by atoms with Crippen LogP contribution in [-0.4, -0.2) is 94.5 Å². The van der Waals surface area contributed by atoms with Crippen LogP contribution in [0, 0.1) is 5.92 Å². The maximum absolute atomic E-state index is 13.8.